The highest BCUT2D eigenvalue weighted by Gasteiger charge is 2.24. The van der Waals surface area contributed by atoms with E-state index in [0.717, 1.165) is 36.8 Å². The lowest BCUT2D eigenvalue weighted by molar-refractivity contribution is -0.117. The molecule has 7 heteroatoms. The van der Waals surface area contributed by atoms with E-state index >= 15 is 0 Å². The van der Waals surface area contributed by atoms with Crippen LogP contribution in [0.1, 0.15) is 49.8 Å². The number of hydrogen-bond donors (Lipinski definition) is 1. The first-order valence-electron chi connectivity index (χ1n) is 10.2. The Kier molecular flexibility index (Phi) is 7.39. The van der Waals surface area contributed by atoms with Crippen LogP contribution < -0.4 is 5.32 Å². The van der Waals surface area contributed by atoms with E-state index in [0.29, 0.717) is 13.1 Å². The summed E-state index contributed by atoms with van der Waals surface area (Å²) in [6.45, 7) is 2.95. The van der Waals surface area contributed by atoms with E-state index in [1.54, 1.807) is 46.8 Å². The van der Waals surface area contributed by atoms with Crippen molar-refractivity contribution in [2.45, 2.75) is 43.5 Å². The molecule has 1 aliphatic rings. The summed E-state index contributed by atoms with van der Waals surface area (Å²) in [5.74, 6) is -0.605. The maximum absolute atomic E-state index is 13.0. The number of sulfonamides is 1. The molecular formula is C23H27FN2O3S. The van der Waals surface area contributed by atoms with Crippen molar-refractivity contribution in [1.82, 2.24) is 9.62 Å². The van der Waals surface area contributed by atoms with Gasteiger partial charge in [-0.15, -0.1) is 0 Å². The Morgan fingerprint density at radius 1 is 1.00 bits per heavy atom. The number of nitrogens with one attached hydrogen (secondary N) is 1. The van der Waals surface area contributed by atoms with E-state index in [4.69, 9.17) is 0 Å². The Bertz CT molecular complexity index is 978. The maximum atomic E-state index is 13.0. The normalized spacial score (nSPS) is 16.9. The second-order valence-electron chi connectivity index (χ2n) is 7.50. The second-order valence-corrected chi connectivity index (χ2v) is 9.44. The second kappa shape index (κ2) is 10.00. The minimum absolute atomic E-state index is 0.260. The Morgan fingerprint density at radius 3 is 2.20 bits per heavy atom. The summed E-state index contributed by atoms with van der Waals surface area (Å²) in [5, 5.41) is 2.82. The van der Waals surface area contributed by atoms with Gasteiger partial charge in [-0.05, 0) is 61.2 Å². The van der Waals surface area contributed by atoms with Gasteiger partial charge >= 0.3 is 0 Å². The predicted octanol–water partition coefficient (Wildman–Crippen LogP) is 4.28. The molecule has 0 saturated carbocycles. The Labute approximate surface area is 177 Å². The number of hydrogen-bond acceptors (Lipinski definition) is 3. The topological polar surface area (TPSA) is 66.5 Å². The van der Waals surface area contributed by atoms with Crippen molar-refractivity contribution in [2.24, 2.45) is 0 Å². The summed E-state index contributed by atoms with van der Waals surface area (Å²) in [6, 6.07) is 12.3. The van der Waals surface area contributed by atoms with Crippen LogP contribution in [0.15, 0.2) is 59.5 Å². The van der Waals surface area contributed by atoms with E-state index in [1.807, 2.05) is 6.92 Å². The molecule has 2 aromatic carbocycles. The fraction of sp³-hybridized carbons (Fsp3) is 0.348. The van der Waals surface area contributed by atoms with Gasteiger partial charge in [-0.1, -0.05) is 37.1 Å². The minimum Gasteiger partial charge on any atom is -0.346 e. The first-order valence-corrected chi connectivity index (χ1v) is 11.6. The number of halogens is 1. The molecular weight excluding hydrogens is 403 g/mol. The molecule has 1 unspecified atom stereocenters. The summed E-state index contributed by atoms with van der Waals surface area (Å²) < 4.78 is 40.2. The monoisotopic (exact) mass is 430 g/mol. The molecule has 1 heterocycles. The highest BCUT2D eigenvalue weighted by Crippen LogP contribution is 2.21. The zero-order valence-electron chi connectivity index (χ0n) is 17.1. The molecule has 5 nitrogen and oxygen atoms in total. The third kappa shape index (κ3) is 5.77. The molecule has 2 aromatic rings. The van der Waals surface area contributed by atoms with Crippen LogP contribution >= 0.6 is 0 Å². The molecule has 1 N–H and O–H groups in total. The van der Waals surface area contributed by atoms with Gasteiger partial charge in [-0.25, -0.2) is 12.8 Å². The average molecular weight is 431 g/mol. The van der Waals surface area contributed by atoms with Gasteiger partial charge in [-0.2, -0.15) is 4.31 Å². The van der Waals surface area contributed by atoms with Crippen molar-refractivity contribution in [3.63, 3.8) is 0 Å². The lowest BCUT2D eigenvalue weighted by Crippen LogP contribution is -2.31. The molecule has 0 spiro atoms. The van der Waals surface area contributed by atoms with E-state index in [-0.39, 0.29) is 22.7 Å². The molecule has 1 atom stereocenters. The molecule has 1 aliphatic heterocycles. The van der Waals surface area contributed by atoms with Crippen LogP contribution in [0.25, 0.3) is 6.08 Å². The first-order chi connectivity index (χ1) is 14.4. The SMILES string of the molecule is CC(NC(=O)C=Cc1ccc(S(=O)(=O)N2CCCCCC2)cc1)c1ccc(F)cc1. The van der Waals surface area contributed by atoms with Gasteiger partial charge in [0.15, 0.2) is 0 Å². The minimum atomic E-state index is -3.48. The zero-order valence-corrected chi connectivity index (χ0v) is 17.9. The first kappa shape index (κ1) is 22.2. The molecule has 0 aromatic heterocycles. The van der Waals surface area contributed by atoms with Crippen molar-refractivity contribution >= 4 is 22.0 Å². The van der Waals surface area contributed by atoms with Gasteiger partial charge in [-0.3, -0.25) is 4.79 Å². The molecule has 0 radical (unpaired) electrons. The predicted molar refractivity (Wildman–Crippen MR) is 116 cm³/mol. The number of rotatable bonds is 6. The van der Waals surface area contributed by atoms with Crippen LogP contribution in [0.5, 0.6) is 0 Å². The highest BCUT2D eigenvalue weighted by atomic mass is 32.2. The number of benzene rings is 2. The van der Waals surface area contributed by atoms with Crippen molar-refractivity contribution in [3.05, 3.63) is 71.6 Å². The van der Waals surface area contributed by atoms with Crippen LogP contribution in [0.2, 0.25) is 0 Å². The maximum Gasteiger partial charge on any atom is 0.244 e. The Hall–Kier alpha value is -2.51. The largest absolute Gasteiger partial charge is 0.346 e. The van der Waals surface area contributed by atoms with Gasteiger partial charge in [0.2, 0.25) is 15.9 Å². The van der Waals surface area contributed by atoms with Gasteiger partial charge < -0.3 is 5.32 Å². The van der Waals surface area contributed by atoms with Gasteiger partial charge in [0.05, 0.1) is 10.9 Å². The summed E-state index contributed by atoms with van der Waals surface area (Å²) >= 11 is 0. The lowest BCUT2D eigenvalue weighted by Gasteiger charge is -2.19. The summed E-state index contributed by atoms with van der Waals surface area (Å²) in [7, 11) is -3.48. The van der Waals surface area contributed by atoms with Crippen molar-refractivity contribution in [2.75, 3.05) is 13.1 Å². The van der Waals surface area contributed by atoms with Crippen molar-refractivity contribution < 1.29 is 17.6 Å². The zero-order chi connectivity index (χ0) is 21.6. The van der Waals surface area contributed by atoms with E-state index in [1.165, 1.54) is 18.2 Å². The summed E-state index contributed by atoms with van der Waals surface area (Å²) in [6.07, 6.45) is 6.96. The fourth-order valence-electron chi connectivity index (χ4n) is 3.45. The molecule has 1 fully saturated rings. The van der Waals surface area contributed by atoms with Crippen LogP contribution in [-0.4, -0.2) is 31.7 Å². The van der Waals surface area contributed by atoms with Crippen LogP contribution in [0.4, 0.5) is 4.39 Å². The number of amides is 1. The number of nitrogens with zero attached hydrogens (tertiary/aromatic N) is 1. The van der Waals surface area contributed by atoms with Crippen LogP contribution in [0.3, 0.4) is 0 Å². The van der Waals surface area contributed by atoms with Crippen LogP contribution in [-0.2, 0) is 14.8 Å². The molecule has 0 aliphatic carbocycles. The van der Waals surface area contributed by atoms with E-state index < -0.39 is 10.0 Å². The summed E-state index contributed by atoms with van der Waals surface area (Å²) in [5.41, 5.74) is 1.54. The number of carbonyl (C=O) groups is 1. The lowest BCUT2D eigenvalue weighted by atomic mass is 10.1. The van der Waals surface area contributed by atoms with Crippen LogP contribution in [0, 0.1) is 5.82 Å². The van der Waals surface area contributed by atoms with E-state index in [9.17, 15) is 17.6 Å². The van der Waals surface area contributed by atoms with E-state index in [2.05, 4.69) is 5.32 Å². The number of carbonyl (C=O) groups excluding carboxylic acids is 1. The molecule has 0 bridgehead atoms. The molecule has 160 valence electrons. The van der Waals surface area contributed by atoms with Crippen molar-refractivity contribution in [3.8, 4) is 0 Å². The average Bonchev–Trinajstić information content (AvgIpc) is 3.03. The summed E-state index contributed by atoms with van der Waals surface area (Å²) in [4.78, 5) is 12.4. The third-order valence-corrected chi connectivity index (χ3v) is 7.15. The molecule has 30 heavy (non-hydrogen) atoms. The third-order valence-electron chi connectivity index (χ3n) is 5.24. The van der Waals surface area contributed by atoms with Gasteiger partial charge in [0.1, 0.15) is 5.82 Å². The van der Waals surface area contributed by atoms with Gasteiger partial charge in [0, 0.05) is 19.2 Å². The van der Waals surface area contributed by atoms with Crippen molar-refractivity contribution in [1.29, 1.82) is 0 Å². The van der Waals surface area contributed by atoms with Gasteiger partial charge in [0.25, 0.3) is 0 Å². The highest BCUT2D eigenvalue weighted by molar-refractivity contribution is 7.89. The Morgan fingerprint density at radius 2 is 1.60 bits per heavy atom. The molecule has 1 amide bonds. The Balaban J connectivity index is 1.61. The quantitative estimate of drug-likeness (QED) is 0.696. The fourth-order valence-corrected chi connectivity index (χ4v) is 4.97. The molecule has 3 rings (SSSR count). The molecule has 1 saturated heterocycles. The smallest absolute Gasteiger partial charge is 0.244 e. The standard InChI is InChI=1S/C23H27FN2O3S/c1-18(20-9-11-21(24)12-10-20)25-23(27)15-8-19-6-13-22(14-7-19)30(28,29)26-16-4-2-3-5-17-26/h6-15,18H,2-5,16-17H2,1H3,(H,25,27).